The standard InChI is InChI=1S/C15H20N4O.ClH/c1-3-13-12(10-19(2)18-13)9-17-15(20)14(16)11-7-5-4-6-8-11;/h4-8,10,14H,3,9,16H2,1-2H3,(H,17,20);1H. The van der Waals surface area contributed by atoms with Gasteiger partial charge in [-0.3, -0.25) is 9.48 Å². The van der Waals surface area contributed by atoms with Gasteiger partial charge < -0.3 is 11.1 Å². The molecule has 0 radical (unpaired) electrons. The number of carbonyl (C=O) groups excluding carboxylic acids is 1. The van der Waals surface area contributed by atoms with E-state index in [1.807, 2.05) is 50.5 Å². The summed E-state index contributed by atoms with van der Waals surface area (Å²) in [5.74, 6) is -0.179. The Morgan fingerprint density at radius 3 is 2.67 bits per heavy atom. The maximum atomic E-state index is 12.1. The zero-order valence-electron chi connectivity index (χ0n) is 12.2. The first kappa shape index (κ1) is 17.2. The van der Waals surface area contributed by atoms with Crippen LogP contribution in [-0.2, 0) is 24.8 Å². The summed E-state index contributed by atoms with van der Waals surface area (Å²) in [6, 6.07) is 8.71. The third-order valence-corrected chi connectivity index (χ3v) is 3.22. The van der Waals surface area contributed by atoms with Crippen molar-refractivity contribution in [3.05, 3.63) is 53.3 Å². The van der Waals surface area contributed by atoms with Crippen molar-refractivity contribution in [2.24, 2.45) is 12.8 Å². The number of amides is 1. The van der Waals surface area contributed by atoms with Gasteiger partial charge in [-0.05, 0) is 12.0 Å². The Morgan fingerprint density at radius 1 is 1.38 bits per heavy atom. The molecular weight excluding hydrogens is 288 g/mol. The van der Waals surface area contributed by atoms with Crippen molar-refractivity contribution in [3.63, 3.8) is 0 Å². The number of nitrogens with zero attached hydrogens (tertiary/aromatic N) is 2. The molecule has 0 aliphatic rings. The fourth-order valence-corrected chi connectivity index (χ4v) is 2.13. The van der Waals surface area contributed by atoms with Crippen LogP contribution in [0.3, 0.4) is 0 Å². The lowest BCUT2D eigenvalue weighted by atomic mass is 10.1. The summed E-state index contributed by atoms with van der Waals surface area (Å²) in [6.07, 6.45) is 2.77. The number of carbonyl (C=O) groups is 1. The van der Waals surface area contributed by atoms with Crippen molar-refractivity contribution in [1.82, 2.24) is 15.1 Å². The maximum absolute atomic E-state index is 12.1. The van der Waals surface area contributed by atoms with E-state index in [-0.39, 0.29) is 18.3 Å². The summed E-state index contributed by atoms with van der Waals surface area (Å²) in [6.45, 7) is 2.50. The van der Waals surface area contributed by atoms with Crippen LogP contribution in [0.5, 0.6) is 0 Å². The number of hydrogen-bond donors (Lipinski definition) is 2. The van der Waals surface area contributed by atoms with Gasteiger partial charge in [0.2, 0.25) is 5.91 Å². The van der Waals surface area contributed by atoms with Gasteiger partial charge in [-0.15, -0.1) is 12.4 Å². The number of nitrogens with one attached hydrogen (secondary N) is 1. The molecule has 21 heavy (non-hydrogen) atoms. The van der Waals surface area contributed by atoms with Crippen LogP contribution in [0.4, 0.5) is 0 Å². The minimum absolute atomic E-state index is 0. The summed E-state index contributed by atoms with van der Waals surface area (Å²) < 4.78 is 1.76. The van der Waals surface area contributed by atoms with E-state index in [1.54, 1.807) is 4.68 Å². The Balaban J connectivity index is 0.00000220. The third kappa shape index (κ3) is 4.31. The number of rotatable bonds is 5. The zero-order valence-corrected chi connectivity index (χ0v) is 13.1. The second-order valence-corrected chi connectivity index (χ2v) is 4.73. The molecule has 1 heterocycles. The highest BCUT2D eigenvalue weighted by atomic mass is 35.5. The molecule has 1 aromatic heterocycles. The number of hydrogen-bond acceptors (Lipinski definition) is 3. The highest BCUT2D eigenvalue weighted by Crippen LogP contribution is 2.11. The van der Waals surface area contributed by atoms with Gasteiger partial charge in [0.25, 0.3) is 0 Å². The molecule has 3 N–H and O–H groups in total. The quantitative estimate of drug-likeness (QED) is 0.883. The molecule has 0 aliphatic carbocycles. The van der Waals surface area contributed by atoms with Crippen LogP contribution in [0, 0.1) is 0 Å². The Labute approximate surface area is 130 Å². The molecule has 0 bridgehead atoms. The van der Waals surface area contributed by atoms with E-state index in [0.717, 1.165) is 23.2 Å². The normalized spacial score (nSPS) is 11.6. The topological polar surface area (TPSA) is 72.9 Å². The number of aryl methyl sites for hydroxylation is 2. The molecule has 5 nitrogen and oxygen atoms in total. The largest absolute Gasteiger partial charge is 0.350 e. The molecule has 114 valence electrons. The summed E-state index contributed by atoms with van der Waals surface area (Å²) in [4.78, 5) is 12.1. The Bertz CT molecular complexity index is 583. The van der Waals surface area contributed by atoms with Crippen molar-refractivity contribution in [1.29, 1.82) is 0 Å². The fourth-order valence-electron chi connectivity index (χ4n) is 2.13. The highest BCUT2D eigenvalue weighted by molar-refractivity contribution is 5.85. The zero-order chi connectivity index (χ0) is 14.5. The number of halogens is 1. The highest BCUT2D eigenvalue weighted by Gasteiger charge is 2.15. The number of benzene rings is 1. The van der Waals surface area contributed by atoms with Gasteiger partial charge in [0.1, 0.15) is 6.04 Å². The number of nitrogens with two attached hydrogens (primary N) is 1. The Hall–Kier alpha value is -1.85. The lowest BCUT2D eigenvalue weighted by molar-refractivity contribution is -0.122. The molecule has 6 heteroatoms. The van der Waals surface area contributed by atoms with Crippen LogP contribution in [0.15, 0.2) is 36.5 Å². The van der Waals surface area contributed by atoms with Crippen molar-refractivity contribution in [2.45, 2.75) is 25.9 Å². The summed E-state index contributed by atoms with van der Waals surface area (Å²) >= 11 is 0. The van der Waals surface area contributed by atoms with Crippen molar-refractivity contribution in [2.75, 3.05) is 0 Å². The first-order valence-corrected chi connectivity index (χ1v) is 6.71. The summed E-state index contributed by atoms with van der Waals surface area (Å²) in [5, 5.41) is 7.21. The SMILES string of the molecule is CCc1nn(C)cc1CNC(=O)C(N)c1ccccc1.Cl. The molecule has 0 saturated carbocycles. The van der Waals surface area contributed by atoms with Crippen LogP contribution in [0.2, 0.25) is 0 Å². The van der Waals surface area contributed by atoms with Crippen molar-refractivity contribution < 1.29 is 4.79 Å². The maximum Gasteiger partial charge on any atom is 0.241 e. The molecule has 0 spiro atoms. The molecular formula is C15H21ClN4O. The van der Waals surface area contributed by atoms with E-state index in [9.17, 15) is 4.79 Å². The molecule has 0 fully saturated rings. The summed E-state index contributed by atoms with van der Waals surface area (Å²) in [5.41, 5.74) is 8.79. The minimum atomic E-state index is -0.641. The van der Waals surface area contributed by atoms with E-state index < -0.39 is 6.04 Å². The average molecular weight is 309 g/mol. The Morgan fingerprint density at radius 2 is 2.05 bits per heavy atom. The van der Waals surface area contributed by atoms with Gasteiger partial charge >= 0.3 is 0 Å². The molecule has 2 aromatic rings. The van der Waals surface area contributed by atoms with Gasteiger partial charge in [0.05, 0.1) is 5.69 Å². The molecule has 0 aliphatic heterocycles. The van der Waals surface area contributed by atoms with Crippen LogP contribution >= 0.6 is 12.4 Å². The minimum Gasteiger partial charge on any atom is -0.350 e. The lowest BCUT2D eigenvalue weighted by Gasteiger charge is -2.12. The van der Waals surface area contributed by atoms with Crippen LogP contribution in [0.1, 0.15) is 29.8 Å². The van der Waals surface area contributed by atoms with Crippen LogP contribution in [-0.4, -0.2) is 15.7 Å². The monoisotopic (exact) mass is 308 g/mol. The van der Waals surface area contributed by atoms with E-state index in [2.05, 4.69) is 10.4 Å². The van der Waals surface area contributed by atoms with Crippen LogP contribution in [0.25, 0.3) is 0 Å². The van der Waals surface area contributed by atoms with Gasteiger partial charge in [-0.1, -0.05) is 37.3 Å². The van der Waals surface area contributed by atoms with E-state index in [1.165, 1.54) is 0 Å². The fraction of sp³-hybridized carbons (Fsp3) is 0.333. The lowest BCUT2D eigenvalue weighted by Crippen LogP contribution is -2.33. The van der Waals surface area contributed by atoms with E-state index >= 15 is 0 Å². The van der Waals surface area contributed by atoms with E-state index in [0.29, 0.717) is 6.54 Å². The van der Waals surface area contributed by atoms with E-state index in [4.69, 9.17) is 5.73 Å². The van der Waals surface area contributed by atoms with Gasteiger partial charge in [-0.2, -0.15) is 5.10 Å². The molecule has 1 unspecified atom stereocenters. The van der Waals surface area contributed by atoms with Gasteiger partial charge in [-0.25, -0.2) is 0 Å². The first-order valence-electron chi connectivity index (χ1n) is 6.71. The van der Waals surface area contributed by atoms with Crippen molar-refractivity contribution in [3.8, 4) is 0 Å². The predicted molar refractivity (Wildman–Crippen MR) is 85.1 cm³/mol. The molecule has 1 atom stereocenters. The molecule has 1 aromatic carbocycles. The van der Waals surface area contributed by atoms with Crippen molar-refractivity contribution >= 4 is 18.3 Å². The molecule has 1 amide bonds. The number of aromatic nitrogens is 2. The third-order valence-electron chi connectivity index (χ3n) is 3.22. The second kappa shape index (κ2) is 7.81. The summed E-state index contributed by atoms with van der Waals surface area (Å²) in [7, 11) is 1.88. The average Bonchev–Trinajstić information content (AvgIpc) is 2.85. The molecule has 0 saturated heterocycles. The van der Waals surface area contributed by atoms with Gasteiger partial charge in [0.15, 0.2) is 0 Å². The van der Waals surface area contributed by atoms with Crippen LogP contribution < -0.4 is 11.1 Å². The smallest absolute Gasteiger partial charge is 0.241 e. The van der Waals surface area contributed by atoms with Gasteiger partial charge in [0, 0.05) is 25.4 Å². The second-order valence-electron chi connectivity index (χ2n) is 4.73. The molecule has 2 rings (SSSR count). The predicted octanol–water partition coefficient (Wildman–Crippen LogP) is 1.72. The Kier molecular flexibility index (Phi) is 6.39. The first-order chi connectivity index (χ1) is 9.61.